The first-order valence-corrected chi connectivity index (χ1v) is 5.47. The maximum absolute atomic E-state index is 13.8. The molecule has 0 fully saturated rings. The summed E-state index contributed by atoms with van der Waals surface area (Å²) in [4.78, 5) is 20.9. The van der Waals surface area contributed by atoms with Gasteiger partial charge in [-0.1, -0.05) is 19.1 Å². The molecule has 0 spiro atoms. The monoisotopic (exact) mass is 255 g/mol. The first-order chi connectivity index (χ1) is 8.31. The van der Waals surface area contributed by atoms with E-state index in [9.17, 15) is 19.3 Å². The summed E-state index contributed by atoms with van der Waals surface area (Å²) in [5, 5.41) is 19.7. The van der Waals surface area contributed by atoms with E-state index in [0.717, 1.165) is 6.07 Å². The quantitative estimate of drug-likeness (QED) is 0.648. The second kappa shape index (κ2) is 5.12. The molecule has 0 heterocycles. The molecule has 98 valence electrons. The molecule has 0 aliphatic rings. The van der Waals surface area contributed by atoms with Crippen molar-refractivity contribution in [2.24, 2.45) is 5.41 Å². The molecule has 0 saturated carbocycles. The molecule has 0 aromatic heterocycles. The van der Waals surface area contributed by atoms with Gasteiger partial charge in [0.15, 0.2) is 0 Å². The van der Waals surface area contributed by atoms with Crippen molar-refractivity contribution in [3.05, 3.63) is 39.7 Å². The predicted octanol–water partition coefficient (Wildman–Crippen LogP) is 2.78. The highest BCUT2D eigenvalue weighted by atomic mass is 19.1. The summed E-state index contributed by atoms with van der Waals surface area (Å²) >= 11 is 0. The lowest BCUT2D eigenvalue weighted by Gasteiger charge is -2.23. The average molecular weight is 255 g/mol. The third kappa shape index (κ3) is 2.64. The summed E-state index contributed by atoms with van der Waals surface area (Å²) < 4.78 is 13.8. The zero-order valence-electron chi connectivity index (χ0n) is 10.1. The molecule has 1 aromatic rings. The zero-order valence-corrected chi connectivity index (χ0v) is 10.1. The SMILES string of the molecule is CCC(C)(Cc1cccc([N+](=O)[O-])c1F)C(=O)O. The van der Waals surface area contributed by atoms with Crippen LogP contribution in [0.2, 0.25) is 0 Å². The molecule has 0 radical (unpaired) electrons. The van der Waals surface area contributed by atoms with E-state index in [1.165, 1.54) is 19.1 Å². The summed E-state index contributed by atoms with van der Waals surface area (Å²) in [7, 11) is 0. The molecule has 1 N–H and O–H groups in total. The second-order valence-corrected chi connectivity index (χ2v) is 4.40. The summed E-state index contributed by atoms with van der Waals surface area (Å²) in [6, 6.07) is 3.79. The van der Waals surface area contributed by atoms with Crippen LogP contribution in [0, 0.1) is 21.3 Å². The van der Waals surface area contributed by atoms with E-state index < -0.39 is 27.8 Å². The minimum Gasteiger partial charge on any atom is -0.481 e. The number of carbonyl (C=O) groups is 1. The topological polar surface area (TPSA) is 80.4 Å². The lowest BCUT2D eigenvalue weighted by atomic mass is 9.81. The molecule has 0 saturated heterocycles. The van der Waals surface area contributed by atoms with Gasteiger partial charge in [-0.15, -0.1) is 0 Å². The first-order valence-electron chi connectivity index (χ1n) is 5.47. The van der Waals surface area contributed by atoms with Crippen LogP contribution >= 0.6 is 0 Å². The fraction of sp³-hybridized carbons (Fsp3) is 0.417. The lowest BCUT2D eigenvalue weighted by molar-refractivity contribution is -0.387. The van der Waals surface area contributed by atoms with E-state index in [0.29, 0.717) is 6.42 Å². The Morgan fingerprint density at radius 2 is 2.17 bits per heavy atom. The van der Waals surface area contributed by atoms with Gasteiger partial charge in [0.2, 0.25) is 5.82 Å². The predicted molar refractivity (Wildman–Crippen MR) is 62.8 cm³/mol. The Balaban J connectivity index is 3.16. The van der Waals surface area contributed by atoms with Crippen molar-refractivity contribution in [1.82, 2.24) is 0 Å². The number of nitrogens with zero attached hydrogens (tertiary/aromatic N) is 1. The van der Waals surface area contributed by atoms with Crippen LogP contribution in [0.25, 0.3) is 0 Å². The van der Waals surface area contributed by atoms with Gasteiger partial charge in [-0.05, 0) is 25.3 Å². The second-order valence-electron chi connectivity index (χ2n) is 4.40. The summed E-state index contributed by atoms with van der Waals surface area (Å²) in [5.41, 5.74) is -1.71. The van der Waals surface area contributed by atoms with Crippen LogP contribution < -0.4 is 0 Å². The Labute approximate surface area is 103 Å². The van der Waals surface area contributed by atoms with Crippen molar-refractivity contribution in [2.75, 3.05) is 0 Å². The molecule has 0 bridgehead atoms. The van der Waals surface area contributed by atoms with E-state index in [2.05, 4.69) is 0 Å². The average Bonchev–Trinajstić information content (AvgIpc) is 2.31. The molecule has 6 heteroatoms. The van der Waals surface area contributed by atoms with Gasteiger partial charge in [-0.3, -0.25) is 14.9 Å². The lowest BCUT2D eigenvalue weighted by Crippen LogP contribution is -2.29. The molecule has 1 atom stereocenters. The van der Waals surface area contributed by atoms with Gasteiger partial charge in [0.05, 0.1) is 10.3 Å². The number of carboxylic acid groups (broad SMARTS) is 1. The maximum Gasteiger partial charge on any atom is 0.309 e. The van der Waals surface area contributed by atoms with Gasteiger partial charge in [0.1, 0.15) is 0 Å². The fourth-order valence-electron chi connectivity index (χ4n) is 1.62. The van der Waals surface area contributed by atoms with Gasteiger partial charge in [0, 0.05) is 6.07 Å². The third-order valence-corrected chi connectivity index (χ3v) is 3.13. The number of halogens is 1. The number of hydrogen-bond donors (Lipinski definition) is 1. The van der Waals surface area contributed by atoms with E-state index in [1.54, 1.807) is 6.92 Å². The molecular formula is C12H14FNO4. The van der Waals surface area contributed by atoms with Crippen molar-refractivity contribution in [3.8, 4) is 0 Å². The van der Waals surface area contributed by atoms with Crippen LogP contribution in [-0.4, -0.2) is 16.0 Å². The number of nitro groups is 1. The largest absolute Gasteiger partial charge is 0.481 e. The van der Waals surface area contributed by atoms with Crippen molar-refractivity contribution in [2.45, 2.75) is 26.7 Å². The molecular weight excluding hydrogens is 241 g/mol. The minimum atomic E-state index is -1.13. The number of hydrogen-bond acceptors (Lipinski definition) is 3. The maximum atomic E-state index is 13.8. The van der Waals surface area contributed by atoms with Crippen LogP contribution in [0.4, 0.5) is 10.1 Å². The number of carboxylic acids is 1. The van der Waals surface area contributed by atoms with Gasteiger partial charge < -0.3 is 5.11 Å². The van der Waals surface area contributed by atoms with Gasteiger partial charge in [0.25, 0.3) is 0 Å². The van der Waals surface area contributed by atoms with Crippen molar-refractivity contribution in [3.63, 3.8) is 0 Å². The fourth-order valence-corrected chi connectivity index (χ4v) is 1.62. The van der Waals surface area contributed by atoms with Crippen LogP contribution in [0.15, 0.2) is 18.2 Å². The Hall–Kier alpha value is -1.98. The standard InChI is InChI=1S/C12H14FNO4/c1-3-12(2,11(15)16)7-8-5-4-6-9(10(8)13)14(17)18/h4-6H,3,7H2,1-2H3,(H,15,16). The van der Waals surface area contributed by atoms with Gasteiger partial charge in [-0.2, -0.15) is 4.39 Å². The Morgan fingerprint density at radius 3 is 2.61 bits per heavy atom. The van der Waals surface area contributed by atoms with Crippen molar-refractivity contribution < 1.29 is 19.2 Å². The van der Waals surface area contributed by atoms with Crippen LogP contribution in [0.5, 0.6) is 0 Å². The molecule has 0 amide bonds. The molecule has 1 unspecified atom stereocenters. The zero-order chi connectivity index (χ0) is 13.9. The summed E-state index contributed by atoms with van der Waals surface area (Å²) in [6.45, 7) is 3.18. The molecule has 5 nitrogen and oxygen atoms in total. The highest BCUT2D eigenvalue weighted by molar-refractivity contribution is 5.74. The number of rotatable bonds is 5. The van der Waals surface area contributed by atoms with Crippen molar-refractivity contribution in [1.29, 1.82) is 0 Å². The Bertz CT molecular complexity index is 489. The van der Waals surface area contributed by atoms with Crippen LogP contribution in [0.3, 0.4) is 0 Å². The highest BCUT2D eigenvalue weighted by Gasteiger charge is 2.33. The molecule has 18 heavy (non-hydrogen) atoms. The van der Waals surface area contributed by atoms with Crippen LogP contribution in [0.1, 0.15) is 25.8 Å². The summed E-state index contributed by atoms with van der Waals surface area (Å²) in [6.07, 6.45) is 0.233. The summed E-state index contributed by atoms with van der Waals surface area (Å²) in [5.74, 6) is -2.00. The van der Waals surface area contributed by atoms with Crippen LogP contribution in [-0.2, 0) is 11.2 Å². The van der Waals surface area contributed by atoms with Crippen molar-refractivity contribution >= 4 is 11.7 Å². The Morgan fingerprint density at radius 1 is 1.56 bits per heavy atom. The number of benzene rings is 1. The number of aliphatic carboxylic acids is 1. The van der Waals surface area contributed by atoms with E-state index >= 15 is 0 Å². The molecule has 1 rings (SSSR count). The van der Waals surface area contributed by atoms with E-state index in [4.69, 9.17) is 5.11 Å². The highest BCUT2D eigenvalue weighted by Crippen LogP contribution is 2.30. The minimum absolute atomic E-state index is 0.0518. The molecule has 0 aliphatic heterocycles. The van der Waals surface area contributed by atoms with Gasteiger partial charge >= 0.3 is 11.7 Å². The normalized spacial score (nSPS) is 13.9. The first kappa shape index (κ1) is 14.1. The molecule has 1 aromatic carbocycles. The smallest absolute Gasteiger partial charge is 0.309 e. The molecule has 0 aliphatic carbocycles. The van der Waals surface area contributed by atoms with E-state index in [1.807, 2.05) is 0 Å². The van der Waals surface area contributed by atoms with E-state index in [-0.39, 0.29) is 12.0 Å². The Kier molecular flexibility index (Phi) is 4.00. The number of nitro benzene ring substituents is 1. The van der Waals surface area contributed by atoms with Gasteiger partial charge in [-0.25, -0.2) is 0 Å². The third-order valence-electron chi connectivity index (χ3n) is 3.13.